The fourth-order valence-electron chi connectivity index (χ4n) is 3.93. The molecule has 28 heavy (non-hydrogen) atoms. The van der Waals surface area contributed by atoms with Gasteiger partial charge in [-0.25, -0.2) is 9.50 Å². The van der Waals surface area contributed by atoms with E-state index in [-0.39, 0.29) is 5.60 Å². The molecule has 2 aromatic carbocycles. The molecule has 1 aliphatic heterocycles. The monoisotopic (exact) mass is 391 g/mol. The number of pyridine rings is 1. The molecule has 0 bridgehead atoms. The van der Waals surface area contributed by atoms with Crippen LogP contribution < -0.4 is 0 Å². The van der Waals surface area contributed by atoms with Gasteiger partial charge in [0.2, 0.25) is 0 Å². The summed E-state index contributed by atoms with van der Waals surface area (Å²) >= 11 is 1.77. The molecule has 142 valence electrons. The summed E-state index contributed by atoms with van der Waals surface area (Å²) in [5, 5.41) is 5.47. The lowest BCUT2D eigenvalue weighted by atomic mass is 9.86. The zero-order valence-electron chi connectivity index (χ0n) is 15.7. The van der Waals surface area contributed by atoms with Crippen molar-refractivity contribution in [3.63, 3.8) is 0 Å². The standard InChI is InChI=1S/C22H21N3O2S/c1-26-22(9-11-27-12-10-22)17-3-2-4-18(14-17)28-19-6-7-20-16(13-19)5-8-21-23-15-24-25(20)21/h2-8,13-15H,9-12H2,1H3. The summed E-state index contributed by atoms with van der Waals surface area (Å²) in [7, 11) is 1.80. The SMILES string of the molecule is COC1(c2cccc(Sc3ccc4c(ccc5ncnn54)c3)c2)CCOCC1. The molecule has 2 aromatic heterocycles. The van der Waals surface area contributed by atoms with E-state index in [2.05, 4.69) is 58.6 Å². The molecule has 0 N–H and O–H groups in total. The third-order valence-electron chi connectivity index (χ3n) is 5.50. The van der Waals surface area contributed by atoms with E-state index >= 15 is 0 Å². The van der Waals surface area contributed by atoms with E-state index < -0.39 is 0 Å². The molecule has 0 amide bonds. The third-order valence-corrected chi connectivity index (χ3v) is 6.48. The van der Waals surface area contributed by atoms with Crippen LogP contribution in [-0.4, -0.2) is 34.9 Å². The number of fused-ring (bicyclic) bond motifs is 3. The minimum absolute atomic E-state index is 0.239. The van der Waals surface area contributed by atoms with Crippen molar-refractivity contribution in [2.24, 2.45) is 0 Å². The first-order valence-corrected chi connectivity index (χ1v) is 10.2. The Morgan fingerprint density at radius 1 is 1.04 bits per heavy atom. The van der Waals surface area contributed by atoms with Gasteiger partial charge in [-0.2, -0.15) is 5.10 Å². The van der Waals surface area contributed by atoms with Crippen LogP contribution in [0.25, 0.3) is 16.6 Å². The lowest BCUT2D eigenvalue weighted by molar-refractivity contribution is -0.0948. The molecule has 0 spiro atoms. The molecular weight excluding hydrogens is 370 g/mol. The van der Waals surface area contributed by atoms with Gasteiger partial charge in [0.1, 0.15) is 6.33 Å². The van der Waals surface area contributed by atoms with Gasteiger partial charge in [-0.15, -0.1) is 0 Å². The average molecular weight is 391 g/mol. The van der Waals surface area contributed by atoms with Gasteiger partial charge in [0.15, 0.2) is 5.65 Å². The van der Waals surface area contributed by atoms with Crippen LogP contribution in [0.1, 0.15) is 18.4 Å². The second-order valence-corrected chi connectivity index (χ2v) is 8.17. The van der Waals surface area contributed by atoms with Crippen LogP contribution in [0.15, 0.2) is 70.7 Å². The van der Waals surface area contributed by atoms with Gasteiger partial charge in [-0.05, 0) is 48.0 Å². The quantitative estimate of drug-likeness (QED) is 0.505. The summed E-state index contributed by atoms with van der Waals surface area (Å²) in [5.74, 6) is 0. The predicted molar refractivity (Wildman–Crippen MR) is 110 cm³/mol. The van der Waals surface area contributed by atoms with Crippen molar-refractivity contribution in [3.05, 3.63) is 66.5 Å². The number of rotatable bonds is 4. The zero-order valence-corrected chi connectivity index (χ0v) is 16.5. The van der Waals surface area contributed by atoms with Crippen molar-refractivity contribution in [1.82, 2.24) is 14.6 Å². The fourth-order valence-corrected chi connectivity index (χ4v) is 4.85. The first kappa shape index (κ1) is 17.7. The summed E-state index contributed by atoms with van der Waals surface area (Å²) < 4.78 is 13.4. The molecule has 1 aliphatic rings. The van der Waals surface area contributed by atoms with Crippen LogP contribution in [0, 0.1) is 0 Å². The van der Waals surface area contributed by atoms with Gasteiger partial charge in [0.05, 0.1) is 11.1 Å². The van der Waals surface area contributed by atoms with E-state index in [0.717, 1.165) is 42.6 Å². The topological polar surface area (TPSA) is 48.7 Å². The largest absolute Gasteiger partial charge is 0.381 e. The van der Waals surface area contributed by atoms with Crippen molar-refractivity contribution in [2.45, 2.75) is 28.2 Å². The molecule has 3 heterocycles. The summed E-state index contributed by atoms with van der Waals surface area (Å²) in [6.07, 6.45) is 3.37. The number of nitrogens with zero attached hydrogens (tertiary/aromatic N) is 3. The lowest BCUT2D eigenvalue weighted by Crippen LogP contribution is -2.35. The first-order valence-electron chi connectivity index (χ1n) is 9.41. The van der Waals surface area contributed by atoms with Gasteiger partial charge in [0.25, 0.3) is 0 Å². The number of ether oxygens (including phenoxy) is 2. The molecular formula is C22H21N3O2S. The Kier molecular flexibility index (Phi) is 4.55. The van der Waals surface area contributed by atoms with E-state index in [1.807, 2.05) is 10.6 Å². The Balaban J connectivity index is 1.46. The van der Waals surface area contributed by atoms with Crippen molar-refractivity contribution >= 4 is 28.3 Å². The van der Waals surface area contributed by atoms with Crippen molar-refractivity contribution in [1.29, 1.82) is 0 Å². The molecule has 0 radical (unpaired) electrons. The number of aromatic nitrogens is 3. The molecule has 0 atom stereocenters. The normalized spacial score (nSPS) is 16.6. The molecule has 4 aromatic rings. The summed E-state index contributed by atoms with van der Waals surface area (Å²) in [4.78, 5) is 6.66. The lowest BCUT2D eigenvalue weighted by Gasteiger charge is -2.36. The Labute approximate surface area is 167 Å². The molecule has 0 saturated carbocycles. The van der Waals surface area contributed by atoms with E-state index in [4.69, 9.17) is 9.47 Å². The first-order chi connectivity index (χ1) is 13.8. The maximum Gasteiger partial charge on any atom is 0.155 e. The second kappa shape index (κ2) is 7.20. The number of benzene rings is 2. The Morgan fingerprint density at radius 3 is 2.75 bits per heavy atom. The van der Waals surface area contributed by atoms with E-state index in [9.17, 15) is 0 Å². The second-order valence-electron chi connectivity index (χ2n) is 7.02. The molecule has 6 heteroatoms. The molecule has 1 saturated heterocycles. The van der Waals surface area contributed by atoms with Crippen molar-refractivity contribution < 1.29 is 9.47 Å². The highest BCUT2D eigenvalue weighted by molar-refractivity contribution is 7.99. The minimum atomic E-state index is -0.239. The maximum atomic E-state index is 5.96. The Morgan fingerprint density at radius 2 is 1.89 bits per heavy atom. The van der Waals surface area contributed by atoms with Gasteiger partial charge < -0.3 is 9.47 Å². The summed E-state index contributed by atoms with van der Waals surface area (Å²) in [6, 6.07) is 19.2. The third kappa shape index (κ3) is 3.07. The zero-order chi connectivity index (χ0) is 19.0. The fraction of sp³-hybridized carbons (Fsp3) is 0.273. The van der Waals surface area contributed by atoms with Crippen LogP contribution in [0.4, 0.5) is 0 Å². The van der Waals surface area contributed by atoms with Crippen molar-refractivity contribution in [2.75, 3.05) is 20.3 Å². The number of hydrogen-bond acceptors (Lipinski definition) is 5. The van der Waals surface area contributed by atoms with Crippen LogP contribution >= 0.6 is 11.8 Å². The van der Waals surface area contributed by atoms with Crippen LogP contribution in [0.3, 0.4) is 0 Å². The van der Waals surface area contributed by atoms with Gasteiger partial charge in [0, 0.05) is 48.3 Å². The maximum absolute atomic E-state index is 5.96. The van der Waals surface area contributed by atoms with E-state index in [1.165, 1.54) is 15.4 Å². The molecule has 1 fully saturated rings. The Bertz CT molecular complexity index is 1140. The number of hydrogen-bond donors (Lipinski definition) is 0. The highest BCUT2D eigenvalue weighted by Gasteiger charge is 2.34. The van der Waals surface area contributed by atoms with Gasteiger partial charge >= 0.3 is 0 Å². The summed E-state index contributed by atoms with van der Waals surface area (Å²) in [5.41, 5.74) is 2.92. The van der Waals surface area contributed by atoms with Gasteiger partial charge in [-0.3, -0.25) is 0 Å². The highest BCUT2D eigenvalue weighted by atomic mass is 32.2. The number of methoxy groups -OCH3 is 1. The smallest absolute Gasteiger partial charge is 0.155 e. The molecule has 0 unspecified atom stereocenters. The van der Waals surface area contributed by atoms with Crippen LogP contribution in [0.2, 0.25) is 0 Å². The van der Waals surface area contributed by atoms with Crippen molar-refractivity contribution in [3.8, 4) is 0 Å². The van der Waals surface area contributed by atoms with Crippen LogP contribution in [-0.2, 0) is 15.1 Å². The summed E-state index contributed by atoms with van der Waals surface area (Å²) in [6.45, 7) is 1.49. The van der Waals surface area contributed by atoms with Crippen LogP contribution in [0.5, 0.6) is 0 Å². The van der Waals surface area contributed by atoms with Gasteiger partial charge in [-0.1, -0.05) is 23.9 Å². The molecule has 5 nitrogen and oxygen atoms in total. The molecule has 5 rings (SSSR count). The molecule has 0 aliphatic carbocycles. The highest BCUT2D eigenvalue weighted by Crippen LogP contribution is 2.38. The predicted octanol–water partition coefficient (Wildman–Crippen LogP) is 4.69. The average Bonchev–Trinajstić information content (AvgIpc) is 3.23. The van der Waals surface area contributed by atoms with E-state index in [1.54, 1.807) is 25.2 Å². The van der Waals surface area contributed by atoms with E-state index in [0.29, 0.717) is 0 Å². The minimum Gasteiger partial charge on any atom is -0.381 e. The Hall–Kier alpha value is -2.41.